The molecular formula is C9H13F3N4O. The van der Waals surface area contributed by atoms with Crippen molar-refractivity contribution in [3.05, 3.63) is 11.9 Å². The molecule has 0 bridgehead atoms. The van der Waals surface area contributed by atoms with Crippen LogP contribution in [0.25, 0.3) is 0 Å². The summed E-state index contributed by atoms with van der Waals surface area (Å²) in [5, 5.41) is 2.69. The van der Waals surface area contributed by atoms with Crippen LogP contribution >= 0.6 is 0 Å². The molecule has 0 aromatic carbocycles. The molecule has 1 aromatic rings. The van der Waals surface area contributed by atoms with E-state index in [1.54, 1.807) is 6.92 Å². The molecule has 0 spiro atoms. The zero-order chi connectivity index (χ0) is 13.1. The smallest absolute Gasteiger partial charge is 0.384 e. The number of rotatable bonds is 4. The van der Waals surface area contributed by atoms with E-state index in [2.05, 4.69) is 15.3 Å². The average Bonchev–Trinajstić information content (AvgIpc) is 2.24. The standard InChI is InChI=1S/C9H13F3N4O/c1-5(17-2)4-14-7-3-6(13)15-8(16-7)9(10,11)12/h3,5H,4H2,1-2H3,(H3,13,14,15,16). The molecule has 0 aliphatic rings. The minimum Gasteiger partial charge on any atom is -0.384 e. The van der Waals surface area contributed by atoms with E-state index >= 15 is 0 Å². The molecule has 5 nitrogen and oxygen atoms in total. The fraction of sp³-hybridized carbons (Fsp3) is 0.556. The highest BCUT2D eigenvalue weighted by atomic mass is 19.4. The molecular weight excluding hydrogens is 237 g/mol. The van der Waals surface area contributed by atoms with Crippen molar-refractivity contribution in [2.45, 2.75) is 19.2 Å². The van der Waals surface area contributed by atoms with Crippen molar-refractivity contribution < 1.29 is 17.9 Å². The lowest BCUT2D eigenvalue weighted by atomic mass is 10.4. The van der Waals surface area contributed by atoms with Gasteiger partial charge in [-0.15, -0.1) is 0 Å². The molecule has 0 aliphatic heterocycles. The number of halogens is 3. The zero-order valence-corrected chi connectivity index (χ0v) is 9.38. The van der Waals surface area contributed by atoms with Gasteiger partial charge in [0.25, 0.3) is 0 Å². The van der Waals surface area contributed by atoms with E-state index in [1.165, 1.54) is 13.2 Å². The molecule has 0 fully saturated rings. The number of hydrogen-bond donors (Lipinski definition) is 2. The fourth-order valence-corrected chi connectivity index (χ4v) is 1.01. The van der Waals surface area contributed by atoms with Gasteiger partial charge in [-0.25, -0.2) is 9.97 Å². The summed E-state index contributed by atoms with van der Waals surface area (Å²) < 4.78 is 42.1. The number of nitrogen functional groups attached to an aromatic ring is 1. The monoisotopic (exact) mass is 250 g/mol. The van der Waals surface area contributed by atoms with Crippen LogP contribution in [0.15, 0.2) is 6.07 Å². The summed E-state index contributed by atoms with van der Waals surface area (Å²) >= 11 is 0. The first kappa shape index (κ1) is 13.5. The molecule has 0 saturated carbocycles. The third-order valence-electron chi connectivity index (χ3n) is 1.97. The van der Waals surface area contributed by atoms with E-state index in [0.29, 0.717) is 6.54 Å². The molecule has 0 amide bonds. The van der Waals surface area contributed by atoms with Crippen molar-refractivity contribution in [1.29, 1.82) is 0 Å². The van der Waals surface area contributed by atoms with E-state index in [9.17, 15) is 13.2 Å². The SMILES string of the molecule is COC(C)CNc1cc(N)nc(C(F)(F)F)n1. The Morgan fingerprint density at radius 2 is 2.12 bits per heavy atom. The Bertz CT molecular complexity index is 383. The number of nitrogens with one attached hydrogen (secondary N) is 1. The van der Waals surface area contributed by atoms with Gasteiger partial charge in [0.05, 0.1) is 6.10 Å². The quantitative estimate of drug-likeness (QED) is 0.847. The second kappa shape index (κ2) is 5.17. The summed E-state index contributed by atoms with van der Waals surface area (Å²) in [6.45, 7) is 2.09. The van der Waals surface area contributed by atoms with E-state index in [-0.39, 0.29) is 17.7 Å². The summed E-state index contributed by atoms with van der Waals surface area (Å²) in [7, 11) is 1.50. The van der Waals surface area contributed by atoms with Crippen molar-refractivity contribution in [2.75, 3.05) is 24.7 Å². The third-order valence-corrected chi connectivity index (χ3v) is 1.97. The molecule has 3 N–H and O–H groups in total. The van der Waals surface area contributed by atoms with Crippen LogP contribution in [-0.4, -0.2) is 29.7 Å². The maximum atomic E-state index is 12.4. The largest absolute Gasteiger partial charge is 0.451 e. The highest BCUT2D eigenvalue weighted by molar-refractivity contribution is 5.44. The lowest BCUT2D eigenvalue weighted by molar-refractivity contribution is -0.144. The van der Waals surface area contributed by atoms with Crippen molar-refractivity contribution in [1.82, 2.24) is 9.97 Å². The summed E-state index contributed by atoms with van der Waals surface area (Å²) in [6.07, 6.45) is -4.76. The minimum absolute atomic E-state index is 0.0220. The second-order valence-corrected chi connectivity index (χ2v) is 3.43. The molecule has 0 radical (unpaired) electrons. The van der Waals surface area contributed by atoms with Crippen LogP contribution in [0.5, 0.6) is 0 Å². The van der Waals surface area contributed by atoms with Gasteiger partial charge in [0.15, 0.2) is 0 Å². The van der Waals surface area contributed by atoms with Crippen LogP contribution in [0.2, 0.25) is 0 Å². The highest BCUT2D eigenvalue weighted by Gasteiger charge is 2.35. The Morgan fingerprint density at radius 3 is 2.65 bits per heavy atom. The van der Waals surface area contributed by atoms with Crippen LogP contribution in [0, 0.1) is 0 Å². The number of methoxy groups -OCH3 is 1. The maximum absolute atomic E-state index is 12.4. The Hall–Kier alpha value is -1.57. The summed E-state index contributed by atoms with van der Waals surface area (Å²) in [6, 6.07) is 1.23. The van der Waals surface area contributed by atoms with Crippen molar-refractivity contribution in [3.8, 4) is 0 Å². The first-order valence-electron chi connectivity index (χ1n) is 4.81. The molecule has 1 aromatic heterocycles. The Balaban J connectivity index is 2.83. The van der Waals surface area contributed by atoms with Crippen LogP contribution in [0.4, 0.5) is 24.8 Å². The predicted molar refractivity (Wildman–Crippen MR) is 56.4 cm³/mol. The van der Waals surface area contributed by atoms with Gasteiger partial charge >= 0.3 is 6.18 Å². The molecule has 0 aliphatic carbocycles. The van der Waals surface area contributed by atoms with Crippen LogP contribution < -0.4 is 11.1 Å². The average molecular weight is 250 g/mol. The van der Waals surface area contributed by atoms with Crippen molar-refractivity contribution in [3.63, 3.8) is 0 Å². The van der Waals surface area contributed by atoms with Gasteiger partial charge in [0.1, 0.15) is 11.6 Å². The molecule has 1 unspecified atom stereocenters. The lowest BCUT2D eigenvalue weighted by Gasteiger charge is -2.13. The Morgan fingerprint density at radius 1 is 1.47 bits per heavy atom. The number of nitrogens with zero attached hydrogens (tertiary/aromatic N) is 2. The first-order chi connectivity index (χ1) is 7.82. The van der Waals surface area contributed by atoms with E-state index in [4.69, 9.17) is 10.5 Å². The summed E-state index contributed by atoms with van der Waals surface area (Å²) in [4.78, 5) is 6.45. The number of aromatic nitrogens is 2. The molecule has 1 heterocycles. The molecule has 1 atom stereocenters. The highest BCUT2D eigenvalue weighted by Crippen LogP contribution is 2.27. The van der Waals surface area contributed by atoms with Crippen LogP contribution in [0.3, 0.4) is 0 Å². The van der Waals surface area contributed by atoms with E-state index in [0.717, 1.165) is 0 Å². The van der Waals surface area contributed by atoms with Gasteiger partial charge < -0.3 is 15.8 Å². The first-order valence-corrected chi connectivity index (χ1v) is 4.81. The lowest BCUT2D eigenvalue weighted by Crippen LogP contribution is -2.20. The fourth-order valence-electron chi connectivity index (χ4n) is 1.01. The number of alkyl halides is 3. The molecule has 96 valence electrons. The number of nitrogens with two attached hydrogens (primary N) is 1. The summed E-state index contributed by atoms with van der Waals surface area (Å²) in [5.74, 6) is -1.47. The Kier molecular flexibility index (Phi) is 4.11. The third kappa shape index (κ3) is 4.06. The van der Waals surface area contributed by atoms with Crippen molar-refractivity contribution in [2.24, 2.45) is 0 Å². The number of anilines is 2. The molecule has 17 heavy (non-hydrogen) atoms. The van der Waals surface area contributed by atoms with Gasteiger partial charge in [0.2, 0.25) is 5.82 Å². The van der Waals surface area contributed by atoms with Crippen molar-refractivity contribution >= 4 is 11.6 Å². The van der Waals surface area contributed by atoms with Gasteiger partial charge in [-0.3, -0.25) is 0 Å². The van der Waals surface area contributed by atoms with E-state index in [1.807, 2.05) is 0 Å². The zero-order valence-electron chi connectivity index (χ0n) is 9.38. The molecule has 0 saturated heterocycles. The number of ether oxygens (including phenoxy) is 1. The molecule has 8 heteroatoms. The Labute approximate surface area is 96.2 Å². The van der Waals surface area contributed by atoms with Crippen LogP contribution in [-0.2, 0) is 10.9 Å². The number of hydrogen-bond acceptors (Lipinski definition) is 5. The second-order valence-electron chi connectivity index (χ2n) is 3.43. The minimum atomic E-state index is -4.61. The van der Waals surface area contributed by atoms with Crippen LogP contribution in [0.1, 0.15) is 12.7 Å². The molecule has 1 rings (SSSR count). The predicted octanol–water partition coefficient (Wildman–Crippen LogP) is 1.52. The van der Waals surface area contributed by atoms with Gasteiger partial charge in [-0.2, -0.15) is 13.2 Å². The topological polar surface area (TPSA) is 73.1 Å². The summed E-state index contributed by atoms with van der Waals surface area (Å²) in [5.41, 5.74) is 5.27. The maximum Gasteiger partial charge on any atom is 0.451 e. The van der Waals surface area contributed by atoms with Gasteiger partial charge in [-0.05, 0) is 6.92 Å². The van der Waals surface area contributed by atoms with Gasteiger partial charge in [0, 0.05) is 19.7 Å². The van der Waals surface area contributed by atoms with Gasteiger partial charge in [-0.1, -0.05) is 0 Å². The normalized spacial score (nSPS) is 13.5. The van der Waals surface area contributed by atoms with E-state index < -0.39 is 12.0 Å².